The van der Waals surface area contributed by atoms with E-state index in [1.165, 1.54) is 0 Å². The first-order chi connectivity index (χ1) is 14.2. The first kappa shape index (κ1) is 22.1. The number of piperidine rings is 1. The SMILES string of the molecule is CN(CC1CCCN(C2CCN(c3ccc(C#N)cc3)C2=O)C1)C(=O)OC(C)(C)C. The highest BCUT2D eigenvalue weighted by Crippen LogP contribution is 2.28. The summed E-state index contributed by atoms with van der Waals surface area (Å²) in [5.41, 5.74) is 0.935. The molecule has 0 aromatic heterocycles. The molecule has 0 spiro atoms. The molecule has 2 amide bonds. The summed E-state index contributed by atoms with van der Waals surface area (Å²) in [6, 6.07) is 9.17. The van der Waals surface area contributed by atoms with Gasteiger partial charge in [-0.3, -0.25) is 9.69 Å². The maximum Gasteiger partial charge on any atom is 0.410 e. The van der Waals surface area contributed by atoms with E-state index in [-0.39, 0.29) is 18.0 Å². The van der Waals surface area contributed by atoms with Crippen molar-refractivity contribution in [2.45, 2.75) is 51.7 Å². The average Bonchev–Trinajstić information content (AvgIpc) is 3.08. The molecule has 2 aliphatic rings. The summed E-state index contributed by atoms with van der Waals surface area (Å²) >= 11 is 0. The fourth-order valence-corrected chi connectivity index (χ4v) is 4.31. The van der Waals surface area contributed by atoms with Gasteiger partial charge in [0.1, 0.15) is 5.60 Å². The average molecular weight is 413 g/mol. The van der Waals surface area contributed by atoms with Crippen molar-refractivity contribution in [3.63, 3.8) is 0 Å². The van der Waals surface area contributed by atoms with Crippen LogP contribution in [0, 0.1) is 17.2 Å². The molecular formula is C23H32N4O3. The van der Waals surface area contributed by atoms with E-state index in [4.69, 9.17) is 10.00 Å². The molecule has 0 bridgehead atoms. The largest absolute Gasteiger partial charge is 0.444 e. The van der Waals surface area contributed by atoms with Gasteiger partial charge < -0.3 is 14.5 Å². The van der Waals surface area contributed by atoms with Crippen LogP contribution in [0.25, 0.3) is 0 Å². The molecule has 1 aromatic rings. The number of hydrogen-bond donors (Lipinski definition) is 0. The summed E-state index contributed by atoms with van der Waals surface area (Å²) in [7, 11) is 1.78. The van der Waals surface area contributed by atoms with E-state index in [1.807, 2.05) is 37.8 Å². The van der Waals surface area contributed by atoms with Gasteiger partial charge in [0.2, 0.25) is 5.91 Å². The second kappa shape index (κ2) is 9.05. The number of likely N-dealkylation sites (tertiary alicyclic amines) is 1. The Morgan fingerprint density at radius 2 is 1.93 bits per heavy atom. The van der Waals surface area contributed by atoms with Crippen molar-refractivity contribution in [3.8, 4) is 6.07 Å². The molecule has 2 aliphatic heterocycles. The molecule has 0 N–H and O–H groups in total. The van der Waals surface area contributed by atoms with Crippen LogP contribution >= 0.6 is 0 Å². The van der Waals surface area contributed by atoms with Gasteiger partial charge in [0.15, 0.2) is 0 Å². The van der Waals surface area contributed by atoms with Gasteiger partial charge in [-0.15, -0.1) is 0 Å². The smallest absolute Gasteiger partial charge is 0.410 e. The molecule has 162 valence electrons. The van der Waals surface area contributed by atoms with Crippen LogP contribution in [0.15, 0.2) is 24.3 Å². The van der Waals surface area contributed by atoms with Gasteiger partial charge in [0.05, 0.1) is 17.7 Å². The Labute approximate surface area is 179 Å². The molecule has 2 unspecified atom stereocenters. The summed E-state index contributed by atoms with van der Waals surface area (Å²) in [5.74, 6) is 0.453. The van der Waals surface area contributed by atoms with Crippen LogP contribution in [0.1, 0.15) is 45.6 Å². The third-order valence-corrected chi connectivity index (χ3v) is 5.71. The lowest BCUT2D eigenvalue weighted by molar-refractivity contribution is -0.122. The van der Waals surface area contributed by atoms with E-state index < -0.39 is 5.60 Å². The topological polar surface area (TPSA) is 76.9 Å². The van der Waals surface area contributed by atoms with Crippen molar-refractivity contribution in [1.29, 1.82) is 5.26 Å². The zero-order valence-electron chi connectivity index (χ0n) is 18.4. The highest BCUT2D eigenvalue weighted by molar-refractivity contribution is 5.99. The Morgan fingerprint density at radius 1 is 1.23 bits per heavy atom. The molecule has 2 fully saturated rings. The summed E-state index contributed by atoms with van der Waals surface area (Å²) in [5, 5.41) is 8.97. The molecular weight excluding hydrogens is 380 g/mol. The van der Waals surface area contributed by atoms with Crippen LogP contribution in [0.4, 0.5) is 10.5 Å². The van der Waals surface area contributed by atoms with Gasteiger partial charge in [-0.25, -0.2) is 4.79 Å². The van der Waals surface area contributed by atoms with Crippen molar-refractivity contribution in [2.24, 2.45) is 5.92 Å². The lowest BCUT2D eigenvalue weighted by atomic mass is 9.96. The molecule has 2 atom stereocenters. The van der Waals surface area contributed by atoms with Gasteiger partial charge in [-0.05, 0) is 76.8 Å². The van der Waals surface area contributed by atoms with Gasteiger partial charge in [0.25, 0.3) is 0 Å². The fourth-order valence-electron chi connectivity index (χ4n) is 4.31. The van der Waals surface area contributed by atoms with Gasteiger partial charge in [0, 0.05) is 32.4 Å². The Balaban J connectivity index is 1.58. The first-order valence-corrected chi connectivity index (χ1v) is 10.7. The summed E-state index contributed by atoms with van der Waals surface area (Å²) in [4.78, 5) is 31.1. The fraction of sp³-hybridized carbons (Fsp3) is 0.609. The number of ether oxygens (including phenoxy) is 1. The highest BCUT2D eigenvalue weighted by Gasteiger charge is 2.38. The zero-order chi connectivity index (χ0) is 21.9. The van der Waals surface area contributed by atoms with E-state index in [9.17, 15) is 9.59 Å². The lowest BCUT2D eigenvalue weighted by Gasteiger charge is -2.37. The van der Waals surface area contributed by atoms with Crippen molar-refractivity contribution in [1.82, 2.24) is 9.80 Å². The zero-order valence-corrected chi connectivity index (χ0v) is 18.4. The minimum absolute atomic E-state index is 0.115. The molecule has 7 heteroatoms. The van der Waals surface area contributed by atoms with E-state index in [2.05, 4.69) is 11.0 Å². The number of anilines is 1. The number of carbonyl (C=O) groups is 2. The van der Waals surface area contributed by atoms with Crippen LogP contribution in [-0.2, 0) is 9.53 Å². The van der Waals surface area contributed by atoms with Crippen LogP contribution in [-0.4, -0.2) is 66.7 Å². The Bertz CT molecular complexity index is 809. The maximum atomic E-state index is 13.1. The molecule has 7 nitrogen and oxygen atoms in total. The van der Waals surface area contributed by atoms with E-state index >= 15 is 0 Å². The van der Waals surface area contributed by atoms with Crippen molar-refractivity contribution in [2.75, 3.05) is 38.1 Å². The number of hydrogen-bond acceptors (Lipinski definition) is 5. The third kappa shape index (κ3) is 5.31. The summed E-state index contributed by atoms with van der Waals surface area (Å²) in [6.07, 6.45) is 2.56. The molecule has 0 aliphatic carbocycles. The normalized spacial score (nSPS) is 22.6. The van der Waals surface area contributed by atoms with Crippen LogP contribution in [0.2, 0.25) is 0 Å². The van der Waals surface area contributed by atoms with Gasteiger partial charge in [-0.1, -0.05) is 0 Å². The van der Waals surface area contributed by atoms with Crippen LogP contribution in [0.5, 0.6) is 0 Å². The standard InChI is InChI=1S/C23H32N4O3/c1-23(2,3)30-22(29)25(4)15-18-6-5-12-26(16-18)20-11-13-27(21(20)28)19-9-7-17(14-24)8-10-19/h7-10,18,20H,5-6,11-13,15-16H2,1-4H3. The van der Waals surface area contributed by atoms with Gasteiger partial charge in [-0.2, -0.15) is 5.26 Å². The van der Waals surface area contributed by atoms with Crippen molar-refractivity contribution < 1.29 is 14.3 Å². The molecule has 0 saturated carbocycles. The highest BCUT2D eigenvalue weighted by atomic mass is 16.6. The van der Waals surface area contributed by atoms with Crippen LogP contribution < -0.4 is 4.90 Å². The molecule has 1 aromatic carbocycles. The number of carbonyl (C=O) groups excluding carboxylic acids is 2. The number of nitriles is 1. The number of rotatable bonds is 4. The Morgan fingerprint density at radius 3 is 2.57 bits per heavy atom. The van der Waals surface area contributed by atoms with E-state index in [0.717, 1.165) is 38.0 Å². The molecule has 30 heavy (non-hydrogen) atoms. The monoisotopic (exact) mass is 412 g/mol. The summed E-state index contributed by atoms with van der Waals surface area (Å²) < 4.78 is 5.46. The van der Waals surface area contributed by atoms with Crippen molar-refractivity contribution >= 4 is 17.7 Å². The quantitative estimate of drug-likeness (QED) is 0.759. The predicted octanol–water partition coefficient (Wildman–Crippen LogP) is 3.24. The number of benzene rings is 1. The lowest BCUT2D eigenvalue weighted by Crippen LogP contribution is -2.49. The van der Waals surface area contributed by atoms with Crippen LogP contribution in [0.3, 0.4) is 0 Å². The van der Waals surface area contributed by atoms with Gasteiger partial charge >= 0.3 is 6.09 Å². The Hall–Kier alpha value is -2.59. The predicted molar refractivity (Wildman–Crippen MR) is 115 cm³/mol. The third-order valence-electron chi connectivity index (χ3n) is 5.71. The van der Waals surface area contributed by atoms with E-state index in [0.29, 0.717) is 24.6 Å². The second-order valence-corrected chi connectivity index (χ2v) is 9.32. The Kier molecular flexibility index (Phi) is 6.67. The minimum atomic E-state index is -0.505. The maximum absolute atomic E-state index is 13.1. The number of amides is 2. The molecule has 3 rings (SSSR count). The summed E-state index contributed by atoms with van der Waals surface area (Å²) in [6.45, 7) is 8.64. The van der Waals surface area contributed by atoms with E-state index in [1.54, 1.807) is 24.1 Å². The molecule has 2 heterocycles. The first-order valence-electron chi connectivity index (χ1n) is 10.7. The molecule has 0 radical (unpaired) electrons. The molecule has 2 saturated heterocycles. The number of nitrogens with zero attached hydrogens (tertiary/aromatic N) is 4. The second-order valence-electron chi connectivity index (χ2n) is 9.32. The van der Waals surface area contributed by atoms with Crippen molar-refractivity contribution in [3.05, 3.63) is 29.8 Å². The minimum Gasteiger partial charge on any atom is -0.444 e.